The number of rotatable bonds is 4. The number of amides is 1. The number of aryl methyl sites for hydroxylation is 1. The van der Waals surface area contributed by atoms with Gasteiger partial charge in [-0.1, -0.05) is 6.07 Å². The Bertz CT molecular complexity index is 630. The van der Waals surface area contributed by atoms with Gasteiger partial charge in [-0.25, -0.2) is 4.98 Å². The van der Waals surface area contributed by atoms with Crippen LogP contribution >= 0.6 is 15.9 Å². The molecule has 0 fully saturated rings. The summed E-state index contributed by atoms with van der Waals surface area (Å²) in [5, 5.41) is 5.84. The lowest BCUT2D eigenvalue weighted by Gasteiger charge is -2.08. The fraction of sp³-hybridized carbons (Fsp3) is 0.214. The average Bonchev–Trinajstić information content (AvgIpc) is 2.43. The van der Waals surface area contributed by atoms with Gasteiger partial charge >= 0.3 is 0 Å². The molecule has 0 saturated carbocycles. The van der Waals surface area contributed by atoms with Crippen LogP contribution in [0.15, 0.2) is 35.1 Å². The summed E-state index contributed by atoms with van der Waals surface area (Å²) in [7, 11) is 0. The molecule has 0 atom stereocenters. The third-order valence-electron chi connectivity index (χ3n) is 2.60. The van der Waals surface area contributed by atoms with Gasteiger partial charge < -0.3 is 10.6 Å². The number of nitrogens with one attached hydrogen (secondary N) is 2. The fourth-order valence-electron chi connectivity index (χ4n) is 1.66. The number of anilines is 2. The predicted molar refractivity (Wildman–Crippen MR) is 83.0 cm³/mol. The Morgan fingerprint density at radius 3 is 2.90 bits per heavy atom. The van der Waals surface area contributed by atoms with Gasteiger partial charge in [0.2, 0.25) is 0 Å². The lowest BCUT2D eigenvalue weighted by atomic mass is 10.2. The number of aromatic nitrogens is 2. The van der Waals surface area contributed by atoms with Crippen molar-refractivity contribution in [1.29, 1.82) is 0 Å². The summed E-state index contributed by atoms with van der Waals surface area (Å²) < 4.78 is 0.826. The zero-order valence-electron chi connectivity index (χ0n) is 11.3. The van der Waals surface area contributed by atoms with Crippen LogP contribution in [0.3, 0.4) is 0 Å². The molecule has 0 spiro atoms. The van der Waals surface area contributed by atoms with Gasteiger partial charge in [-0.2, -0.15) is 0 Å². The third kappa shape index (κ3) is 3.54. The molecule has 0 bridgehead atoms. The largest absolute Gasteiger partial charge is 0.369 e. The molecular formula is C14H15BrN4O. The second-order valence-electron chi connectivity index (χ2n) is 4.26. The van der Waals surface area contributed by atoms with Gasteiger partial charge in [0.25, 0.3) is 5.91 Å². The molecule has 2 N–H and O–H groups in total. The monoisotopic (exact) mass is 334 g/mol. The van der Waals surface area contributed by atoms with Gasteiger partial charge in [-0.3, -0.25) is 9.78 Å². The van der Waals surface area contributed by atoms with Crippen molar-refractivity contribution in [2.45, 2.75) is 13.8 Å². The Kier molecular flexibility index (Phi) is 4.68. The minimum Gasteiger partial charge on any atom is -0.369 e. The van der Waals surface area contributed by atoms with Crippen LogP contribution in [0.5, 0.6) is 0 Å². The summed E-state index contributed by atoms with van der Waals surface area (Å²) in [4.78, 5) is 20.4. The van der Waals surface area contributed by atoms with Crippen LogP contribution in [0.4, 0.5) is 11.5 Å². The van der Waals surface area contributed by atoms with Crippen LogP contribution < -0.4 is 10.6 Å². The molecule has 0 aliphatic rings. The van der Waals surface area contributed by atoms with Crippen LogP contribution in [-0.4, -0.2) is 22.4 Å². The fourth-order valence-corrected chi connectivity index (χ4v) is 2.01. The molecule has 1 heterocycles. The molecule has 0 saturated heterocycles. The highest BCUT2D eigenvalue weighted by atomic mass is 79.9. The molecule has 5 nitrogen and oxygen atoms in total. The zero-order chi connectivity index (χ0) is 14.5. The third-order valence-corrected chi connectivity index (χ3v) is 3.29. The van der Waals surface area contributed by atoms with Crippen molar-refractivity contribution in [2.24, 2.45) is 0 Å². The first-order valence-electron chi connectivity index (χ1n) is 6.23. The minimum atomic E-state index is -0.288. The van der Waals surface area contributed by atoms with E-state index in [2.05, 4.69) is 36.5 Å². The van der Waals surface area contributed by atoms with Crippen molar-refractivity contribution >= 4 is 33.3 Å². The van der Waals surface area contributed by atoms with Gasteiger partial charge in [-0.05, 0) is 47.5 Å². The van der Waals surface area contributed by atoms with E-state index in [0.717, 1.165) is 16.6 Å². The standard InChI is InChI=1S/C14H15BrN4O/c1-3-17-13-8-16-7-12(18-13)14(20)19-11-6-9(2)4-5-10(11)15/h4-8H,3H2,1-2H3,(H,17,18)(H,19,20). The second-order valence-corrected chi connectivity index (χ2v) is 5.11. The van der Waals surface area contributed by atoms with Gasteiger partial charge in [0.15, 0.2) is 0 Å². The second kappa shape index (κ2) is 6.47. The maximum Gasteiger partial charge on any atom is 0.275 e. The first-order chi connectivity index (χ1) is 9.60. The first-order valence-corrected chi connectivity index (χ1v) is 7.03. The molecule has 0 aliphatic heterocycles. The predicted octanol–water partition coefficient (Wildman–Crippen LogP) is 3.23. The van der Waals surface area contributed by atoms with E-state index in [1.54, 1.807) is 6.20 Å². The number of nitrogens with zero attached hydrogens (tertiary/aromatic N) is 2. The van der Waals surface area contributed by atoms with Crippen LogP contribution in [-0.2, 0) is 0 Å². The number of halogens is 1. The lowest BCUT2D eigenvalue weighted by molar-refractivity contribution is 0.102. The molecule has 1 aromatic heterocycles. The van der Waals surface area contributed by atoms with E-state index in [4.69, 9.17) is 0 Å². The van der Waals surface area contributed by atoms with Gasteiger partial charge in [0.05, 0.1) is 18.1 Å². The molecular weight excluding hydrogens is 320 g/mol. The summed E-state index contributed by atoms with van der Waals surface area (Å²) in [5.41, 5.74) is 2.05. The smallest absolute Gasteiger partial charge is 0.275 e. The Morgan fingerprint density at radius 1 is 1.35 bits per heavy atom. The molecule has 2 aromatic rings. The normalized spacial score (nSPS) is 10.2. The summed E-state index contributed by atoms with van der Waals surface area (Å²) in [6.07, 6.45) is 3.03. The molecule has 2 rings (SSSR count). The number of hydrogen-bond acceptors (Lipinski definition) is 4. The van der Waals surface area contributed by atoms with Gasteiger partial charge in [0, 0.05) is 11.0 Å². The molecule has 0 unspecified atom stereocenters. The number of benzene rings is 1. The van der Waals surface area contributed by atoms with E-state index in [1.165, 1.54) is 6.20 Å². The maximum absolute atomic E-state index is 12.2. The summed E-state index contributed by atoms with van der Waals surface area (Å²) >= 11 is 3.41. The van der Waals surface area contributed by atoms with Crippen molar-refractivity contribution in [3.8, 4) is 0 Å². The quantitative estimate of drug-likeness (QED) is 0.900. The Balaban J connectivity index is 2.19. The Labute approximate surface area is 126 Å². The Hall–Kier alpha value is -1.95. The highest BCUT2D eigenvalue weighted by Crippen LogP contribution is 2.23. The Morgan fingerprint density at radius 2 is 2.15 bits per heavy atom. The van der Waals surface area contributed by atoms with Crippen molar-refractivity contribution in [1.82, 2.24) is 9.97 Å². The summed E-state index contributed by atoms with van der Waals surface area (Å²) in [5.74, 6) is 0.298. The molecule has 0 aliphatic carbocycles. The van der Waals surface area contributed by atoms with Crippen molar-refractivity contribution in [2.75, 3.05) is 17.2 Å². The molecule has 6 heteroatoms. The first kappa shape index (κ1) is 14.5. The highest BCUT2D eigenvalue weighted by molar-refractivity contribution is 9.10. The van der Waals surface area contributed by atoms with E-state index in [1.807, 2.05) is 32.0 Å². The van der Waals surface area contributed by atoms with E-state index in [-0.39, 0.29) is 11.6 Å². The van der Waals surface area contributed by atoms with Crippen LogP contribution in [0, 0.1) is 6.92 Å². The summed E-state index contributed by atoms with van der Waals surface area (Å²) in [6.45, 7) is 4.65. The SMILES string of the molecule is CCNc1cncc(C(=O)Nc2cc(C)ccc2Br)n1. The van der Waals surface area contributed by atoms with E-state index in [9.17, 15) is 4.79 Å². The summed E-state index contributed by atoms with van der Waals surface area (Å²) in [6, 6.07) is 5.75. The van der Waals surface area contributed by atoms with E-state index < -0.39 is 0 Å². The topological polar surface area (TPSA) is 66.9 Å². The molecule has 1 amide bonds. The number of carbonyl (C=O) groups excluding carboxylic acids is 1. The molecule has 20 heavy (non-hydrogen) atoms. The van der Waals surface area contributed by atoms with Crippen molar-refractivity contribution < 1.29 is 4.79 Å². The molecule has 0 radical (unpaired) electrons. The van der Waals surface area contributed by atoms with Crippen molar-refractivity contribution in [3.05, 3.63) is 46.3 Å². The zero-order valence-corrected chi connectivity index (χ0v) is 12.9. The minimum absolute atomic E-state index is 0.275. The van der Waals surface area contributed by atoms with Crippen LogP contribution in [0.2, 0.25) is 0 Å². The average molecular weight is 335 g/mol. The number of hydrogen-bond donors (Lipinski definition) is 2. The van der Waals surface area contributed by atoms with Crippen LogP contribution in [0.1, 0.15) is 23.0 Å². The van der Waals surface area contributed by atoms with Gasteiger partial charge in [-0.15, -0.1) is 0 Å². The van der Waals surface area contributed by atoms with Gasteiger partial charge in [0.1, 0.15) is 11.5 Å². The lowest BCUT2D eigenvalue weighted by Crippen LogP contribution is -2.15. The number of carbonyl (C=O) groups is 1. The van der Waals surface area contributed by atoms with E-state index >= 15 is 0 Å². The van der Waals surface area contributed by atoms with Crippen molar-refractivity contribution in [3.63, 3.8) is 0 Å². The molecule has 104 valence electrons. The van der Waals surface area contributed by atoms with Crippen LogP contribution in [0.25, 0.3) is 0 Å². The highest BCUT2D eigenvalue weighted by Gasteiger charge is 2.11. The van der Waals surface area contributed by atoms with E-state index in [0.29, 0.717) is 11.5 Å². The maximum atomic E-state index is 12.2. The molecule has 1 aromatic carbocycles.